The first-order valence-electron chi connectivity index (χ1n) is 5.32. The van der Waals surface area contributed by atoms with E-state index >= 15 is 0 Å². The molecule has 0 aliphatic carbocycles. The van der Waals surface area contributed by atoms with E-state index in [1.807, 2.05) is 11.8 Å². The zero-order chi connectivity index (χ0) is 10.7. The summed E-state index contributed by atoms with van der Waals surface area (Å²) in [6.45, 7) is 3.57. The van der Waals surface area contributed by atoms with Crippen LogP contribution in [0.4, 0.5) is 0 Å². The van der Waals surface area contributed by atoms with Crippen LogP contribution in [0.3, 0.4) is 0 Å². The van der Waals surface area contributed by atoms with E-state index in [0.29, 0.717) is 6.42 Å². The van der Waals surface area contributed by atoms with Gasteiger partial charge in [0.2, 0.25) is 5.91 Å². The minimum absolute atomic E-state index is 0.239. The number of carbonyl (C=O) groups excluding carboxylic acids is 1. The second-order valence-electron chi connectivity index (χ2n) is 3.85. The number of rotatable bonds is 3. The quantitative estimate of drug-likeness (QED) is 0.777. The average Bonchev–Trinajstić information content (AvgIpc) is 2.89. The third-order valence-corrected chi connectivity index (χ3v) is 2.73. The summed E-state index contributed by atoms with van der Waals surface area (Å²) in [4.78, 5) is 13.5. The smallest absolute Gasteiger partial charge is 0.222 e. The van der Waals surface area contributed by atoms with E-state index in [4.69, 9.17) is 0 Å². The molecule has 6 heteroatoms. The molecule has 1 fully saturated rings. The van der Waals surface area contributed by atoms with Crippen LogP contribution in [0.5, 0.6) is 0 Å². The fourth-order valence-electron chi connectivity index (χ4n) is 1.91. The highest BCUT2D eigenvalue weighted by Gasteiger charge is 2.29. The fourth-order valence-corrected chi connectivity index (χ4v) is 1.91. The van der Waals surface area contributed by atoms with Crippen molar-refractivity contribution in [1.29, 1.82) is 0 Å². The van der Waals surface area contributed by atoms with E-state index in [2.05, 4.69) is 20.6 Å². The highest BCUT2D eigenvalue weighted by molar-refractivity contribution is 5.76. The molecule has 6 nitrogen and oxygen atoms in total. The van der Waals surface area contributed by atoms with Gasteiger partial charge in [0, 0.05) is 25.4 Å². The highest BCUT2D eigenvalue weighted by atomic mass is 16.2. The van der Waals surface area contributed by atoms with Gasteiger partial charge in [0.25, 0.3) is 0 Å². The van der Waals surface area contributed by atoms with Crippen LogP contribution in [0.15, 0.2) is 0 Å². The Hall–Kier alpha value is -1.46. The summed E-state index contributed by atoms with van der Waals surface area (Å²) >= 11 is 0. The molecular formula is C9H15N5O. The fraction of sp³-hybridized carbons (Fsp3) is 0.778. The van der Waals surface area contributed by atoms with Gasteiger partial charge in [0.1, 0.15) is 0 Å². The molecule has 1 unspecified atom stereocenters. The van der Waals surface area contributed by atoms with E-state index in [1.165, 1.54) is 0 Å². The largest absolute Gasteiger partial charge is 0.342 e. The Labute approximate surface area is 88.0 Å². The third kappa shape index (κ3) is 2.14. The van der Waals surface area contributed by atoms with E-state index < -0.39 is 0 Å². The molecule has 0 saturated carbocycles. The number of likely N-dealkylation sites (tertiary alicyclic amines) is 1. The van der Waals surface area contributed by atoms with Crippen molar-refractivity contribution in [3.8, 4) is 0 Å². The molecule has 2 heterocycles. The lowest BCUT2D eigenvalue weighted by Gasteiger charge is -2.14. The van der Waals surface area contributed by atoms with Crippen molar-refractivity contribution in [2.45, 2.75) is 32.1 Å². The van der Waals surface area contributed by atoms with Crippen LogP contribution in [0.1, 0.15) is 37.9 Å². The van der Waals surface area contributed by atoms with Crippen molar-refractivity contribution >= 4 is 5.91 Å². The molecule has 1 saturated heterocycles. The van der Waals surface area contributed by atoms with Crippen molar-refractivity contribution in [2.75, 3.05) is 13.1 Å². The molecule has 0 radical (unpaired) electrons. The number of nitrogens with zero attached hydrogens (tertiary/aromatic N) is 4. The van der Waals surface area contributed by atoms with E-state index in [-0.39, 0.29) is 11.8 Å². The minimum Gasteiger partial charge on any atom is -0.342 e. The van der Waals surface area contributed by atoms with E-state index in [0.717, 1.165) is 31.8 Å². The zero-order valence-corrected chi connectivity index (χ0v) is 8.81. The number of tetrazole rings is 1. The molecule has 2 rings (SSSR count). The number of aromatic amines is 1. The van der Waals surface area contributed by atoms with Crippen molar-refractivity contribution in [3.05, 3.63) is 5.82 Å². The van der Waals surface area contributed by atoms with Gasteiger partial charge < -0.3 is 4.90 Å². The van der Waals surface area contributed by atoms with Gasteiger partial charge in [-0.3, -0.25) is 4.79 Å². The summed E-state index contributed by atoms with van der Waals surface area (Å²) in [5, 5.41) is 13.9. The Morgan fingerprint density at radius 3 is 3.20 bits per heavy atom. The van der Waals surface area contributed by atoms with Gasteiger partial charge in [-0.2, -0.15) is 5.21 Å². The van der Waals surface area contributed by atoms with Crippen molar-refractivity contribution in [1.82, 2.24) is 25.5 Å². The summed E-state index contributed by atoms with van der Waals surface area (Å²) in [6.07, 6.45) is 2.48. The summed E-state index contributed by atoms with van der Waals surface area (Å²) in [6, 6.07) is 0. The molecule has 1 amide bonds. The van der Waals surface area contributed by atoms with E-state index in [1.54, 1.807) is 0 Å². The molecule has 1 aromatic heterocycles. The van der Waals surface area contributed by atoms with Gasteiger partial charge in [-0.05, 0) is 12.8 Å². The molecule has 1 aliphatic heterocycles. The van der Waals surface area contributed by atoms with Gasteiger partial charge in [-0.15, -0.1) is 10.2 Å². The maximum Gasteiger partial charge on any atom is 0.222 e. The number of amides is 1. The number of nitrogens with one attached hydrogen (secondary N) is 1. The standard InChI is InChI=1S/C9H15N5O/c1-2-3-8(15)14-5-4-7(6-14)9-10-12-13-11-9/h7H,2-6H2,1H3,(H,10,11,12,13). The molecule has 1 aromatic rings. The van der Waals surface area contributed by atoms with Crippen LogP contribution in [-0.4, -0.2) is 44.5 Å². The lowest BCUT2D eigenvalue weighted by Crippen LogP contribution is -2.28. The highest BCUT2D eigenvalue weighted by Crippen LogP contribution is 2.24. The molecule has 82 valence electrons. The van der Waals surface area contributed by atoms with Gasteiger partial charge >= 0.3 is 0 Å². The van der Waals surface area contributed by atoms with Crippen LogP contribution in [-0.2, 0) is 4.79 Å². The number of aromatic nitrogens is 4. The molecule has 1 aliphatic rings. The Morgan fingerprint density at radius 2 is 2.53 bits per heavy atom. The van der Waals surface area contributed by atoms with Crippen LogP contribution >= 0.6 is 0 Å². The predicted molar refractivity (Wildman–Crippen MR) is 53.0 cm³/mol. The topological polar surface area (TPSA) is 74.8 Å². The number of carbonyl (C=O) groups is 1. The van der Waals surface area contributed by atoms with Crippen LogP contribution < -0.4 is 0 Å². The first kappa shape index (κ1) is 10.1. The number of H-pyrrole nitrogens is 1. The molecular weight excluding hydrogens is 194 g/mol. The first-order valence-corrected chi connectivity index (χ1v) is 5.32. The second kappa shape index (κ2) is 4.37. The predicted octanol–water partition coefficient (Wildman–Crippen LogP) is 0.316. The summed E-state index contributed by atoms with van der Waals surface area (Å²) in [5.74, 6) is 1.22. The summed E-state index contributed by atoms with van der Waals surface area (Å²) in [7, 11) is 0. The molecule has 0 spiro atoms. The Morgan fingerprint density at radius 1 is 1.67 bits per heavy atom. The molecule has 15 heavy (non-hydrogen) atoms. The minimum atomic E-state index is 0.239. The van der Waals surface area contributed by atoms with Crippen molar-refractivity contribution in [2.24, 2.45) is 0 Å². The Kier molecular flexibility index (Phi) is 2.94. The van der Waals surface area contributed by atoms with Crippen LogP contribution in [0, 0.1) is 0 Å². The number of hydrogen-bond acceptors (Lipinski definition) is 4. The molecule has 0 bridgehead atoms. The molecule has 0 aromatic carbocycles. The lowest BCUT2D eigenvalue weighted by atomic mass is 10.1. The number of hydrogen-bond donors (Lipinski definition) is 1. The van der Waals surface area contributed by atoms with Gasteiger partial charge in [0.15, 0.2) is 5.82 Å². The third-order valence-electron chi connectivity index (χ3n) is 2.73. The second-order valence-corrected chi connectivity index (χ2v) is 3.85. The SMILES string of the molecule is CCCC(=O)N1CCC(c2nn[nH]n2)C1. The van der Waals surface area contributed by atoms with Gasteiger partial charge in [-0.1, -0.05) is 12.1 Å². The van der Waals surface area contributed by atoms with Crippen molar-refractivity contribution in [3.63, 3.8) is 0 Å². The average molecular weight is 209 g/mol. The maximum atomic E-state index is 11.6. The molecule has 1 N–H and O–H groups in total. The Bertz CT molecular complexity index is 323. The normalized spacial score (nSPS) is 20.9. The lowest BCUT2D eigenvalue weighted by molar-refractivity contribution is -0.130. The van der Waals surface area contributed by atoms with Crippen LogP contribution in [0.25, 0.3) is 0 Å². The van der Waals surface area contributed by atoms with E-state index in [9.17, 15) is 4.79 Å². The summed E-state index contributed by atoms with van der Waals surface area (Å²) in [5.41, 5.74) is 0. The zero-order valence-electron chi connectivity index (χ0n) is 8.81. The van der Waals surface area contributed by atoms with Gasteiger partial charge in [-0.25, -0.2) is 0 Å². The summed E-state index contributed by atoms with van der Waals surface area (Å²) < 4.78 is 0. The monoisotopic (exact) mass is 209 g/mol. The Balaban J connectivity index is 1.92. The van der Waals surface area contributed by atoms with Crippen molar-refractivity contribution < 1.29 is 4.79 Å². The van der Waals surface area contributed by atoms with Crippen LogP contribution in [0.2, 0.25) is 0 Å². The maximum absolute atomic E-state index is 11.6. The molecule has 1 atom stereocenters. The first-order chi connectivity index (χ1) is 7.31. The van der Waals surface area contributed by atoms with Gasteiger partial charge in [0.05, 0.1) is 0 Å².